The highest BCUT2D eigenvalue weighted by molar-refractivity contribution is 5.86. The zero-order chi connectivity index (χ0) is 12.7. The van der Waals surface area contributed by atoms with Crippen LogP contribution in [0.25, 0.3) is 0 Å². The molecule has 0 aliphatic carbocycles. The van der Waals surface area contributed by atoms with Crippen molar-refractivity contribution in [1.82, 2.24) is 5.32 Å². The van der Waals surface area contributed by atoms with Crippen molar-refractivity contribution < 1.29 is 4.79 Å². The summed E-state index contributed by atoms with van der Waals surface area (Å²) in [6.07, 6.45) is 1.95. The summed E-state index contributed by atoms with van der Waals surface area (Å²) < 4.78 is 0. The van der Waals surface area contributed by atoms with Crippen LogP contribution in [0.15, 0.2) is 30.3 Å². The highest BCUT2D eigenvalue weighted by atomic mass is 16.1. The van der Waals surface area contributed by atoms with Crippen LogP contribution in [-0.2, 0) is 4.79 Å². The van der Waals surface area contributed by atoms with Crippen LogP contribution in [0.5, 0.6) is 0 Å². The van der Waals surface area contributed by atoms with Gasteiger partial charge < -0.3 is 5.32 Å². The number of benzene rings is 1. The van der Waals surface area contributed by atoms with E-state index < -0.39 is 5.92 Å². The first-order valence-corrected chi connectivity index (χ1v) is 5.94. The minimum atomic E-state index is -0.712. The van der Waals surface area contributed by atoms with Gasteiger partial charge in [0.25, 0.3) is 0 Å². The summed E-state index contributed by atoms with van der Waals surface area (Å²) in [5.74, 6) is -0.921. The van der Waals surface area contributed by atoms with Gasteiger partial charge in [-0.15, -0.1) is 0 Å². The van der Waals surface area contributed by atoms with Crippen molar-refractivity contribution in [2.75, 3.05) is 0 Å². The van der Waals surface area contributed by atoms with Crippen LogP contribution in [0.4, 0.5) is 0 Å². The Morgan fingerprint density at radius 1 is 1.41 bits per heavy atom. The molecule has 0 saturated carbocycles. The van der Waals surface area contributed by atoms with Crippen LogP contribution in [0.3, 0.4) is 0 Å². The largest absolute Gasteiger partial charge is 0.352 e. The van der Waals surface area contributed by atoms with E-state index in [4.69, 9.17) is 5.26 Å². The van der Waals surface area contributed by atoms with Gasteiger partial charge in [-0.25, -0.2) is 0 Å². The lowest BCUT2D eigenvalue weighted by atomic mass is 9.99. The average molecular weight is 230 g/mol. The molecule has 3 heteroatoms. The Morgan fingerprint density at radius 2 is 2.06 bits per heavy atom. The number of carbonyl (C=O) groups is 1. The third-order valence-electron chi connectivity index (χ3n) is 2.63. The van der Waals surface area contributed by atoms with Crippen molar-refractivity contribution >= 4 is 5.91 Å². The monoisotopic (exact) mass is 230 g/mol. The Labute approximate surface area is 102 Å². The fourth-order valence-corrected chi connectivity index (χ4v) is 1.76. The molecule has 0 spiro atoms. The van der Waals surface area contributed by atoms with E-state index in [2.05, 4.69) is 18.3 Å². The maximum atomic E-state index is 11.9. The molecule has 1 N–H and O–H groups in total. The SMILES string of the molecule is CCCC(C)NC(=O)C(C#N)c1ccccc1. The molecule has 1 aromatic rings. The lowest BCUT2D eigenvalue weighted by Crippen LogP contribution is -2.35. The van der Waals surface area contributed by atoms with Gasteiger partial charge in [0.1, 0.15) is 5.92 Å². The minimum absolute atomic E-state index is 0.118. The van der Waals surface area contributed by atoms with E-state index in [1.54, 1.807) is 12.1 Å². The summed E-state index contributed by atoms with van der Waals surface area (Å²) in [7, 11) is 0. The normalized spacial score (nSPS) is 13.5. The zero-order valence-electron chi connectivity index (χ0n) is 10.3. The maximum Gasteiger partial charge on any atom is 0.242 e. The molecule has 1 amide bonds. The van der Waals surface area contributed by atoms with Crippen molar-refractivity contribution in [2.45, 2.75) is 38.6 Å². The summed E-state index contributed by atoms with van der Waals surface area (Å²) in [5.41, 5.74) is 0.746. The number of rotatable bonds is 5. The van der Waals surface area contributed by atoms with Gasteiger partial charge in [-0.1, -0.05) is 43.7 Å². The Balaban J connectivity index is 2.70. The number of amides is 1. The summed E-state index contributed by atoms with van der Waals surface area (Å²) in [4.78, 5) is 11.9. The first-order valence-electron chi connectivity index (χ1n) is 5.94. The van der Waals surface area contributed by atoms with Crippen molar-refractivity contribution in [2.24, 2.45) is 0 Å². The third kappa shape index (κ3) is 3.92. The molecule has 0 saturated heterocycles. The minimum Gasteiger partial charge on any atom is -0.352 e. The quantitative estimate of drug-likeness (QED) is 0.845. The molecule has 90 valence electrons. The summed E-state index contributed by atoms with van der Waals surface area (Å²) >= 11 is 0. The van der Waals surface area contributed by atoms with E-state index in [1.807, 2.05) is 25.1 Å². The first-order chi connectivity index (χ1) is 8.19. The molecule has 0 heterocycles. The van der Waals surface area contributed by atoms with Crippen molar-refractivity contribution in [1.29, 1.82) is 5.26 Å². The summed E-state index contributed by atoms with van der Waals surface area (Å²) in [5, 5.41) is 12.0. The highest BCUT2D eigenvalue weighted by Crippen LogP contribution is 2.15. The van der Waals surface area contributed by atoms with E-state index in [1.165, 1.54) is 0 Å². The zero-order valence-corrected chi connectivity index (χ0v) is 10.3. The van der Waals surface area contributed by atoms with E-state index in [0.717, 1.165) is 18.4 Å². The molecule has 1 rings (SSSR count). The topological polar surface area (TPSA) is 52.9 Å². The van der Waals surface area contributed by atoms with Gasteiger partial charge in [-0.3, -0.25) is 4.79 Å². The van der Waals surface area contributed by atoms with Gasteiger partial charge in [-0.2, -0.15) is 5.26 Å². The van der Waals surface area contributed by atoms with Gasteiger partial charge in [0.05, 0.1) is 6.07 Å². The maximum absolute atomic E-state index is 11.9. The lowest BCUT2D eigenvalue weighted by Gasteiger charge is -2.15. The predicted octanol–water partition coefficient (Wildman–Crippen LogP) is 2.60. The van der Waals surface area contributed by atoms with Gasteiger partial charge in [0, 0.05) is 6.04 Å². The summed E-state index contributed by atoms with van der Waals surface area (Å²) in [6, 6.07) is 11.3. The van der Waals surface area contributed by atoms with Gasteiger partial charge in [-0.05, 0) is 18.9 Å². The Hall–Kier alpha value is -1.82. The standard InChI is InChI=1S/C14H18N2O/c1-3-7-11(2)16-14(17)13(10-15)12-8-5-4-6-9-12/h4-6,8-9,11,13H,3,7H2,1-2H3,(H,16,17). The molecule has 0 aliphatic heterocycles. The molecule has 0 fully saturated rings. The molecule has 2 atom stereocenters. The van der Waals surface area contributed by atoms with Crippen molar-refractivity contribution in [3.05, 3.63) is 35.9 Å². The average Bonchev–Trinajstić information content (AvgIpc) is 2.31. The first kappa shape index (κ1) is 13.2. The number of hydrogen-bond donors (Lipinski definition) is 1. The number of nitriles is 1. The van der Waals surface area contributed by atoms with E-state index >= 15 is 0 Å². The summed E-state index contributed by atoms with van der Waals surface area (Å²) in [6.45, 7) is 4.03. The van der Waals surface area contributed by atoms with Crippen LogP contribution >= 0.6 is 0 Å². The molecule has 17 heavy (non-hydrogen) atoms. The van der Waals surface area contributed by atoms with E-state index in [0.29, 0.717) is 0 Å². The van der Waals surface area contributed by atoms with Crippen LogP contribution in [0.2, 0.25) is 0 Å². The molecule has 0 bridgehead atoms. The molecule has 3 nitrogen and oxygen atoms in total. The fraction of sp³-hybridized carbons (Fsp3) is 0.429. The smallest absolute Gasteiger partial charge is 0.242 e. The second kappa shape index (κ2) is 6.70. The molecule has 0 aromatic heterocycles. The predicted molar refractivity (Wildman–Crippen MR) is 67.3 cm³/mol. The lowest BCUT2D eigenvalue weighted by molar-refractivity contribution is -0.122. The molecular weight excluding hydrogens is 212 g/mol. The Kier molecular flexibility index (Phi) is 5.22. The van der Waals surface area contributed by atoms with E-state index in [9.17, 15) is 4.79 Å². The fourth-order valence-electron chi connectivity index (χ4n) is 1.76. The van der Waals surface area contributed by atoms with Gasteiger partial charge >= 0.3 is 0 Å². The number of hydrogen-bond acceptors (Lipinski definition) is 2. The molecule has 0 aliphatic rings. The number of nitrogens with zero attached hydrogens (tertiary/aromatic N) is 1. The van der Waals surface area contributed by atoms with Crippen molar-refractivity contribution in [3.8, 4) is 6.07 Å². The van der Waals surface area contributed by atoms with Gasteiger partial charge in [0.2, 0.25) is 5.91 Å². The van der Waals surface area contributed by atoms with Crippen molar-refractivity contribution in [3.63, 3.8) is 0 Å². The van der Waals surface area contributed by atoms with Crippen LogP contribution in [0, 0.1) is 11.3 Å². The number of carbonyl (C=O) groups excluding carboxylic acids is 1. The second-order valence-corrected chi connectivity index (χ2v) is 4.17. The molecule has 0 radical (unpaired) electrons. The Morgan fingerprint density at radius 3 is 2.59 bits per heavy atom. The van der Waals surface area contributed by atoms with Crippen LogP contribution in [0.1, 0.15) is 38.2 Å². The highest BCUT2D eigenvalue weighted by Gasteiger charge is 2.20. The Bertz CT molecular complexity index is 394. The molecular formula is C14H18N2O. The van der Waals surface area contributed by atoms with Gasteiger partial charge in [0.15, 0.2) is 0 Å². The molecule has 2 unspecified atom stereocenters. The number of nitrogens with one attached hydrogen (secondary N) is 1. The van der Waals surface area contributed by atoms with Crippen LogP contribution in [-0.4, -0.2) is 11.9 Å². The molecule has 1 aromatic carbocycles. The van der Waals surface area contributed by atoms with E-state index in [-0.39, 0.29) is 11.9 Å². The second-order valence-electron chi connectivity index (χ2n) is 4.17. The van der Waals surface area contributed by atoms with Crippen LogP contribution < -0.4 is 5.32 Å². The third-order valence-corrected chi connectivity index (χ3v) is 2.63.